The molecule has 0 aliphatic carbocycles. The number of imide groups is 1. The highest BCUT2D eigenvalue weighted by Crippen LogP contribution is 2.54. The number of halogens is 3. The minimum Gasteiger partial charge on any atom is -0.744 e. The highest BCUT2D eigenvalue weighted by molar-refractivity contribution is 8.00. The fourth-order valence-electron chi connectivity index (χ4n) is 9.45. The smallest absolute Gasteiger partial charge is 0.337 e. The maximum Gasteiger partial charge on any atom is 0.337 e. The van der Waals surface area contributed by atoms with Crippen LogP contribution >= 0.6 is 46.6 Å². The predicted octanol–water partition coefficient (Wildman–Crippen LogP) is 4.57. The summed E-state index contributed by atoms with van der Waals surface area (Å²) in [5.41, 5.74) is -2.57. The van der Waals surface area contributed by atoms with Gasteiger partial charge in [0.2, 0.25) is 11.3 Å². The highest BCUT2D eigenvalue weighted by Gasteiger charge is 2.43. The second kappa shape index (κ2) is 18.7. The summed E-state index contributed by atoms with van der Waals surface area (Å²) in [4.78, 5) is 68.2. The zero-order valence-corrected chi connectivity index (χ0v) is 42.2. The van der Waals surface area contributed by atoms with Crippen LogP contribution in [0.5, 0.6) is 11.5 Å². The average Bonchev–Trinajstić information content (AvgIpc) is 3.51. The maximum absolute atomic E-state index is 13.5. The van der Waals surface area contributed by atoms with Crippen molar-refractivity contribution in [3.05, 3.63) is 65.6 Å². The normalized spacial score (nSPS) is 19.2. The number of fused-ring (bicyclic) bond motifs is 4. The molecule has 3 amide bonds. The number of rotatable bonds is 14. The molecule has 0 radical (unpaired) electrons. The molecule has 1 saturated heterocycles. The molecule has 0 saturated carbocycles. The van der Waals surface area contributed by atoms with Gasteiger partial charge in [-0.3, -0.25) is 14.4 Å². The average molecular weight is 1060 g/mol. The van der Waals surface area contributed by atoms with Crippen LogP contribution in [0.3, 0.4) is 0 Å². The van der Waals surface area contributed by atoms with E-state index in [0.29, 0.717) is 48.3 Å². The topological polar surface area (TPSA) is 280 Å². The van der Waals surface area contributed by atoms with Crippen LogP contribution in [0, 0.1) is 0 Å². The number of carboxylic acid groups (broad SMARTS) is 1. The first-order valence-corrected chi connectivity index (χ1v) is 26.3. The van der Waals surface area contributed by atoms with Crippen molar-refractivity contribution in [2.45, 2.75) is 131 Å². The Morgan fingerprint density at radius 3 is 2.16 bits per heavy atom. The summed E-state index contributed by atoms with van der Waals surface area (Å²) in [5, 5.41) is 15.5. The van der Waals surface area contributed by atoms with Crippen LogP contribution in [0.25, 0.3) is 5.57 Å². The first-order valence-electron chi connectivity index (χ1n) is 21.4. The third-order valence-corrected chi connectivity index (χ3v) is 16.4. The molecule has 3 aromatic rings. The molecule has 4 heterocycles. The first kappa shape index (κ1) is 51.4. The predicted molar refractivity (Wildman–Crippen MR) is 245 cm³/mol. The number of carboxylic acids is 1. The van der Waals surface area contributed by atoms with Gasteiger partial charge in [0.1, 0.15) is 25.1 Å². The van der Waals surface area contributed by atoms with E-state index in [9.17, 15) is 55.0 Å². The van der Waals surface area contributed by atoms with E-state index in [-0.39, 0.29) is 68.9 Å². The Morgan fingerprint density at radius 1 is 0.912 bits per heavy atom. The van der Waals surface area contributed by atoms with Crippen molar-refractivity contribution in [3.63, 3.8) is 0 Å². The molecule has 68 heavy (non-hydrogen) atoms. The number of nitrogens with zero attached hydrogens (tertiary/aromatic N) is 1. The van der Waals surface area contributed by atoms with Crippen LogP contribution in [0.1, 0.15) is 137 Å². The number of carbonyl (C=O) groups is 5. The van der Waals surface area contributed by atoms with Gasteiger partial charge in [-0.2, -0.15) is 0 Å². The van der Waals surface area contributed by atoms with E-state index < -0.39 is 115 Å². The van der Waals surface area contributed by atoms with Crippen LogP contribution in [0.2, 0.25) is 15.1 Å². The number of hydroxylamine groups is 2. The Morgan fingerprint density at radius 2 is 1.54 bits per heavy atom. The lowest BCUT2D eigenvalue weighted by molar-refractivity contribution is -0.590. The SMILES string of the molecule is CC1CC(C)(C)Nc2c1cc1c(c2S(=O)(=O)[O-])Oc2c(S(=O)(=O)[O-])c3c(cc2=C1c1c(Cl)c(SCC(=O)NCCCCCC(=O)ON2C(=O)CCC2=O)c(Cl)c(Cl)c1C(=O)O)C(C)CC(C)(C)[NH+]=3. The number of nitrogens with one attached hydrogen (secondary N) is 3. The van der Waals surface area contributed by atoms with Gasteiger partial charge in [-0.25, -0.2) is 31.4 Å². The molecule has 4 aliphatic rings. The molecule has 0 bridgehead atoms. The van der Waals surface area contributed by atoms with Gasteiger partial charge in [0.05, 0.1) is 32.1 Å². The lowest BCUT2D eigenvalue weighted by Gasteiger charge is -2.40. The standard InChI is InChI=1S/C44H47Cl3N4O14S3/c1-19-16-43(3,4)49-35-21(19)14-23-29(24-15-22-20(2)17-44(5,6)50-36(22)41(68(61,62)63)38(24)64-37(23)40(35)67(58,59)60)30-31(42(56)57)32(45)34(47)39(33(30)46)66-18-25(52)48-13-9-7-8-10-28(55)65-51-26(53)11-12-27(51)54/h14-15,19-20,49H,7-13,16-18H2,1-6H3,(H,48,52)(H,56,57)(H,58,59,60)(H,61,62,63)/p-1. The number of hydrogen-bond donors (Lipinski definition) is 4. The van der Waals surface area contributed by atoms with E-state index in [1.165, 1.54) is 12.1 Å². The molecular formula is C44H46Cl3N4O14S3-. The summed E-state index contributed by atoms with van der Waals surface area (Å²) in [6.45, 7) is 10.9. The quantitative estimate of drug-likeness (QED) is 0.0443. The second-order valence-electron chi connectivity index (χ2n) is 18.5. The molecule has 2 unspecified atom stereocenters. The molecule has 24 heteroatoms. The largest absolute Gasteiger partial charge is 0.744 e. The van der Waals surface area contributed by atoms with Gasteiger partial charge < -0.3 is 34.4 Å². The van der Waals surface area contributed by atoms with Crippen LogP contribution in [-0.2, 0) is 44.3 Å². The Kier molecular flexibility index (Phi) is 14.1. The van der Waals surface area contributed by atoms with Crippen molar-refractivity contribution < 1.29 is 69.6 Å². The van der Waals surface area contributed by atoms with Crippen molar-refractivity contribution >= 4 is 108 Å². The van der Waals surface area contributed by atoms with Crippen molar-refractivity contribution in [1.29, 1.82) is 0 Å². The molecule has 1 fully saturated rings. The maximum atomic E-state index is 13.5. The summed E-state index contributed by atoms with van der Waals surface area (Å²) in [6.07, 6.45) is 1.93. The number of thioether (sulfide) groups is 1. The molecule has 4 N–H and O–H groups in total. The van der Waals surface area contributed by atoms with E-state index in [2.05, 4.69) is 15.6 Å². The van der Waals surface area contributed by atoms with Gasteiger partial charge in [0, 0.05) is 70.1 Å². The second-order valence-corrected chi connectivity index (χ2v) is 23.3. The van der Waals surface area contributed by atoms with Crippen molar-refractivity contribution in [3.8, 4) is 11.5 Å². The van der Waals surface area contributed by atoms with Crippen molar-refractivity contribution in [2.75, 3.05) is 17.6 Å². The monoisotopic (exact) mass is 1060 g/mol. The van der Waals surface area contributed by atoms with Crippen molar-refractivity contribution in [2.24, 2.45) is 0 Å². The fraction of sp³-hybridized carbons (Fsp3) is 0.455. The number of ether oxygens (including phenoxy) is 1. The van der Waals surface area contributed by atoms with Crippen molar-refractivity contribution in [1.82, 2.24) is 10.4 Å². The zero-order valence-electron chi connectivity index (χ0n) is 37.4. The number of amides is 3. The number of benzene rings is 3. The third kappa shape index (κ3) is 9.95. The molecule has 18 nitrogen and oxygen atoms in total. The van der Waals surface area contributed by atoms with Gasteiger partial charge in [0.25, 0.3) is 11.8 Å². The number of unbranched alkanes of at least 4 members (excludes halogenated alkanes) is 2. The number of aromatic carboxylic acids is 1. The Balaban J connectivity index is 1.36. The first-order chi connectivity index (χ1) is 31.5. The Bertz CT molecular complexity index is 3090. The van der Waals surface area contributed by atoms with E-state index >= 15 is 0 Å². The minimum absolute atomic E-state index is 0.0328. The number of hydrogen-bond acceptors (Lipinski definition) is 15. The van der Waals surface area contributed by atoms with Crippen LogP contribution in [0.15, 0.2) is 26.8 Å². The van der Waals surface area contributed by atoms with Crippen LogP contribution in [0.4, 0.5) is 5.69 Å². The highest BCUT2D eigenvalue weighted by atomic mass is 35.5. The van der Waals surface area contributed by atoms with E-state index in [1.807, 2.05) is 0 Å². The lowest BCUT2D eigenvalue weighted by Crippen LogP contribution is -2.91. The fourth-order valence-corrected chi connectivity index (χ4v) is 13.1. The molecular weight excluding hydrogens is 1010 g/mol. The lowest BCUT2D eigenvalue weighted by atomic mass is 9.79. The molecule has 7 rings (SSSR count). The summed E-state index contributed by atoms with van der Waals surface area (Å²) in [6, 6.07) is 3.01. The van der Waals surface area contributed by atoms with Gasteiger partial charge in [-0.05, 0) is 76.5 Å². The molecule has 366 valence electrons. The van der Waals surface area contributed by atoms with E-state index in [0.717, 1.165) is 11.8 Å². The summed E-state index contributed by atoms with van der Waals surface area (Å²) >= 11 is 21.6. The summed E-state index contributed by atoms with van der Waals surface area (Å²) < 4.78 is 87.6. The van der Waals surface area contributed by atoms with E-state index in [4.69, 9.17) is 44.4 Å². The summed E-state index contributed by atoms with van der Waals surface area (Å²) in [5.74, 6) is -6.74. The van der Waals surface area contributed by atoms with Crippen LogP contribution in [-0.4, -0.2) is 89.1 Å². The van der Waals surface area contributed by atoms with Crippen LogP contribution < -0.4 is 30.9 Å². The Hall–Kier alpha value is -4.48. The van der Waals surface area contributed by atoms with E-state index in [1.54, 1.807) is 41.5 Å². The number of anilines is 1. The van der Waals surface area contributed by atoms with Gasteiger partial charge >= 0.3 is 11.9 Å². The van der Waals surface area contributed by atoms with Gasteiger partial charge in [-0.15, -0.1) is 16.8 Å². The van der Waals surface area contributed by atoms with Gasteiger partial charge in [0.15, 0.2) is 21.9 Å². The molecule has 0 spiro atoms. The minimum atomic E-state index is -5.55. The molecule has 2 atom stereocenters. The number of carbonyl (C=O) groups excluding carboxylic acids is 4. The third-order valence-electron chi connectivity index (χ3n) is 12.1. The molecule has 3 aromatic carbocycles. The molecule has 4 aliphatic heterocycles. The Labute approximate surface area is 410 Å². The summed E-state index contributed by atoms with van der Waals surface area (Å²) in [7, 11) is -11.1. The zero-order chi connectivity index (χ0) is 50.2. The molecule has 0 aromatic heterocycles. The van der Waals surface area contributed by atoms with Gasteiger partial charge in [-0.1, -0.05) is 55.1 Å².